The van der Waals surface area contributed by atoms with Gasteiger partial charge in [0.1, 0.15) is 5.75 Å². The number of hydrogen-bond donors (Lipinski definition) is 2. The van der Waals surface area contributed by atoms with Crippen molar-refractivity contribution in [3.05, 3.63) is 58.1 Å². The number of ether oxygens (including phenoxy) is 1. The summed E-state index contributed by atoms with van der Waals surface area (Å²) in [6, 6.07) is 8.61. The summed E-state index contributed by atoms with van der Waals surface area (Å²) in [6.07, 6.45) is 2.78. The Kier molecular flexibility index (Phi) is 6.07. The van der Waals surface area contributed by atoms with Crippen LogP contribution in [0.15, 0.2) is 47.4 Å². The average Bonchev–Trinajstić information content (AvgIpc) is 2.52. The summed E-state index contributed by atoms with van der Waals surface area (Å²) in [6.45, 7) is 0. The van der Waals surface area contributed by atoms with Crippen LogP contribution in [0.2, 0.25) is 10.0 Å². The second-order valence-corrected chi connectivity index (χ2v) is 7.31. The quantitative estimate of drug-likeness (QED) is 0.751. The number of nitrogens with two attached hydrogens (primary N) is 1. The number of hydrogen-bond acceptors (Lipinski definition) is 4. The first-order valence-electron chi connectivity index (χ1n) is 6.85. The van der Waals surface area contributed by atoms with Crippen molar-refractivity contribution >= 4 is 50.9 Å². The smallest absolute Gasteiger partial charge is 0.248 e. The molecule has 2 aromatic rings. The van der Waals surface area contributed by atoms with Crippen LogP contribution < -0.4 is 15.2 Å². The fraction of sp³-hybridized carbons (Fsp3) is 0.0625. The van der Waals surface area contributed by atoms with Crippen molar-refractivity contribution in [3.8, 4) is 5.75 Å². The Morgan fingerprint density at radius 1 is 1.20 bits per heavy atom. The third-order valence-corrected chi connectivity index (χ3v) is 4.53. The van der Waals surface area contributed by atoms with Crippen LogP contribution in [-0.2, 0) is 14.8 Å². The molecule has 0 saturated heterocycles. The molecule has 25 heavy (non-hydrogen) atoms. The third-order valence-electron chi connectivity index (χ3n) is 3.11. The number of halogens is 2. The lowest BCUT2D eigenvalue weighted by atomic mass is 10.2. The van der Waals surface area contributed by atoms with E-state index in [1.165, 1.54) is 49.6 Å². The van der Waals surface area contributed by atoms with E-state index in [1.54, 1.807) is 6.07 Å². The molecule has 0 aliphatic rings. The molecule has 2 rings (SSSR count). The minimum absolute atomic E-state index is 0.0423. The molecule has 2 aromatic carbocycles. The Bertz CT molecular complexity index is 926. The lowest BCUT2D eigenvalue weighted by Gasteiger charge is -2.08. The largest absolute Gasteiger partial charge is 0.495 e. The van der Waals surface area contributed by atoms with E-state index in [0.717, 1.165) is 0 Å². The summed E-state index contributed by atoms with van der Waals surface area (Å²) >= 11 is 12.0. The van der Waals surface area contributed by atoms with Crippen molar-refractivity contribution in [1.29, 1.82) is 0 Å². The highest BCUT2D eigenvalue weighted by molar-refractivity contribution is 7.89. The zero-order valence-corrected chi connectivity index (χ0v) is 15.3. The molecule has 0 atom stereocenters. The molecule has 0 saturated carbocycles. The molecular formula is C16H14Cl2N2O4S. The van der Waals surface area contributed by atoms with Crippen molar-refractivity contribution in [2.45, 2.75) is 4.90 Å². The SMILES string of the molecule is COc1c(Cl)cc(Cl)cc1/C=C/C(=O)Nc1ccc(S(N)(=O)=O)cc1. The first kappa shape index (κ1) is 19.3. The monoisotopic (exact) mass is 400 g/mol. The van der Waals surface area contributed by atoms with Crippen molar-refractivity contribution in [2.75, 3.05) is 12.4 Å². The van der Waals surface area contributed by atoms with Crippen LogP contribution in [0.1, 0.15) is 5.56 Å². The summed E-state index contributed by atoms with van der Waals surface area (Å²) in [5.41, 5.74) is 0.956. The summed E-state index contributed by atoms with van der Waals surface area (Å²) in [7, 11) is -2.32. The number of sulfonamides is 1. The van der Waals surface area contributed by atoms with Crippen molar-refractivity contribution < 1.29 is 17.9 Å². The van der Waals surface area contributed by atoms with Gasteiger partial charge in [0, 0.05) is 22.3 Å². The van der Waals surface area contributed by atoms with Gasteiger partial charge in [-0.1, -0.05) is 23.2 Å². The molecule has 132 valence electrons. The number of carbonyl (C=O) groups is 1. The summed E-state index contributed by atoms with van der Waals surface area (Å²) in [4.78, 5) is 11.9. The second kappa shape index (κ2) is 7.88. The fourth-order valence-electron chi connectivity index (χ4n) is 2.00. The Morgan fingerprint density at radius 3 is 2.40 bits per heavy atom. The second-order valence-electron chi connectivity index (χ2n) is 4.90. The predicted octanol–water partition coefficient (Wildman–Crippen LogP) is 3.30. The lowest BCUT2D eigenvalue weighted by molar-refractivity contribution is -0.111. The molecule has 0 heterocycles. The molecule has 0 aliphatic heterocycles. The van der Waals surface area contributed by atoms with E-state index < -0.39 is 15.9 Å². The molecule has 0 aromatic heterocycles. The number of amides is 1. The number of rotatable bonds is 5. The van der Waals surface area contributed by atoms with Gasteiger partial charge >= 0.3 is 0 Å². The van der Waals surface area contributed by atoms with Gasteiger partial charge in [-0.15, -0.1) is 0 Å². The van der Waals surface area contributed by atoms with E-state index in [4.69, 9.17) is 33.1 Å². The highest BCUT2D eigenvalue weighted by atomic mass is 35.5. The number of nitrogens with one attached hydrogen (secondary N) is 1. The van der Waals surface area contributed by atoms with Crippen LogP contribution in [0.5, 0.6) is 5.75 Å². The van der Waals surface area contributed by atoms with Crippen molar-refractivity contribution in [3.63, 3.8) is 0 Å². The van der Waals surface area contributed by atoms with E-state index in [-0.39, 0.29) is 4.90 Å². The fourth-order valence-corrected chi connectivity index (χ4v) is 3.10. The van der Waals surface area contributed by atoms with Crippen molar-refractivity contribution in [2.24, 2.45) is 5.14 Å². The minimum atomic E-state index is -3.78. The van der Waals surface area contributed by atoms with Crippen LogP contribution >= 0.6 is 23.2 Å². The normalized spacial score (nSPS) is 11.5. The molecule has 9 heteroatoms. The van der Waals surface area contributed by atoms with Crippen LogP contribution in [-0.4, -0.2) is 21.4 Å². The maximum absolute atomic E-state index is 12.0. The molecule has 3 N–H and O–H groups in total. The molecule has 0 spiro atoms. The Labute approximate surface area is 155 Å². The molecule has 0 fully saturated rings. The third kappa shape index (κ3) is 5.20. The molecule has 0 radical (unpaired) electrons. The molecule has 0 aliphatic carbocycles. The van der Waals surface area contributed by atoms with E-state index in [9.17, 15) is 13.2 Å². The van der Waals surface area contributed by atoms with Gasteiger partial charge in [-0.3, -0.25) is 4.79 Å². The Balaban J connectivity index is 2.14. The van der Waals surface area contributed by atoms with Crippen LogP contribution in [0, 0.1) is 0 Å². The standard InChI is InChI=1S/C16H14Cl2N2O4S/c1-24-16-10(8-11(17)9-14(16)18)2-7-15(21)20-12-3-5-13(6-4-12)25(19,22)23/h2-9H,1H3,(H,20,21)(H2,19,22,23)/b7-2+. The summed E-state index contributed by atoms with van der Waals surface area (Å²) in [5, 5.41) is 8.34. The molecule has 1 amide bonds. The maximum Gasteiger partial charge on any atom is 0.248 e. The van der Waals surface area contributed by atoms with Crippen molar-refractivity contribution in [1.82, 2.24) is 0 Å². The molecule has 6 nitrogen and oxygen atoms in total. The number of anilines is 1. The van der Waals surface area contributed by atoms with Gasteiger partial charge < -0.3 is 10.1 Å². The van der Waals surface area contributed by atoms with Gasteiger partial charge in [0.2, 0.25) is 15.9 Å². The van der Waals surface area contributed by atoms with E-state index >= 15 is 0 Å². The first-order valence-corrected chi connectivity index (χ1v) is 9.16. The van der Waals surface area contributed by atoms with Crippen LogP contribution in [0.25, 0.3) is 6.08 Å². The van der Waals surface area contributed by atoms with Crippen LogP contribution in [0.3, 0.4) is 0 Å². The highest BCUT2D eigenvalue weighted by Crippen LogP contribution is 2.32. The van der Waals surface area contributed by atoms with E-state index in [1.807, 2.05) is 0 Å². The number of carbonyl (C=O) groups excluding carboxylic acids is 1. The Morgan fingerprint density at radius 2 is 1.84 bits per heavy atom. The van der Waals surface area contributed by atoms with Gasteiger partial charge in [0.05, 0.1) is 17.0 Å². The molecular weight excluding hydrogens is 387 g/mol. The summed E-state index contributed by atoms with van der Waals surface area (Å²) in [5.74, 6) is -0.0332. The van der Waals surface area contributed by atoms with Gasteiger partial charge in [0.15, 0.2) is 0 Å². The van der Waals surface area contributed by atoms with Gasteiger partial charge in [-0.2, -0.15) is 0 Å². The van der Waals surface area contributed by atoms with Crippen LogP contribution in [0.4, 0.5) is 5.69 Å². The highest BCUT2D eigenvalue weighted by Gasteiger charge is 2.09. The number of primary sulfonamides is 1. The van der Waals surface area contributed by atoms with Gasteiger partial charge in [-0.05, 0) is 42.5 Å². The number of benzene rings is 2. The minimum Gasteiger partial charge on any atom is -0.495 e. The maximum atomic E-state index is 12.0. The Hall–Kier alpha value is -2.06. The topological polar surface area (TPSA) is 98.5 Å². The zero-order valence-electron chi connectivity index (χ0n) is 13.0. The first-order chi connectivity index (χ1) is 11.7. The molecule has 0 unspecified atom stereocenters. The van der Waals surface area contributed by atoms with E-state index in [0.29, 0.717) is 27.0 Å². The zero-order chi connectivity index (χ0) is 18.6. The summed E-state index contributed by atoms with van der Waals surface area (Å²) < 4.78 is 27.6. The molecule has 0 bridgehead atoms. The lowest BCUT2D eigenvalue weighted by Crippen LogP contribution is -2.12. The van der Waals surface area contributed by atoms with Gasteiger partial charge in [0.25, 0.3) is 0 Å². The van der Waals surface area contributed by atoms with E-state index in [2.05, 4.69) is 5.32 Å². The number of methoxy groups -OCH3 is 1. The predicted molar refractivity (Wildman–Crippen MR) is 98.5 cm³/mol. The average molecular weight is 401 g/mol. The van der Waals surface area contributed by atoms with Gasteiger partial charge in [-0.25, -0.2) is 13.6 Å².